The van der Waals surface area contributed by atoms with Gasteiger partial charge in [-0.15, -0.1) is 0 Å². The Hall–Kier alpha value is -3.59. The molecule has 0 spiro atoms. The lowest BCUT2D eigenvalue weighted by Gasteiger charge is -2.06. The Balaban J connectivity index is 1.97. The zero-order valence-corrected chi connectivity index (χ0v) is 13.7. The van der Waals surface area contributed by atoms with Crippen LogP contribution in [0, 0.1) is 18.3 Å². The summed E-state index contributed by atoms with van der Waals surface area (Å²) >= 11 is 0. The lowest BCUT2D eigenvalue weighted by atomic mass is 10.1. The van der Waals surface area contributed by atoms with E-state index in [-0.39, 0.29) is 16.9 Å². The molecule has 124 valence electrons. The Labute approximate surface area is 144 Å². The predicted molar refractivity (Wildman–Crippen MR) is 91.9 cm³/mol. The Morgan fingerprint density at radius 3 is 2.56 bits per heavy atom. The van der Waals surface area contributed by atoms with E-state index in [4.69, 9.17) is 4.42 Å². The lowest BCUT2D eigenvalue weighted by Crippen LogP contribution is -2.14. The summed E-state index contributed by atoms with van der Waals surface area (Å²) in [5, 5.41) is 12.2. The SMILES string of the molecule is CC(=O)c1cccc(NC(=O)c2c(C)oc(-n3cccc3)c2C#N)c1. The van der Waals surface area contributed by atoms with E-state index >= 15 is 0 Å². The standard InChI is InChI=1S/C19H15N3O3/c1-12(23)14-6-5-7-15(10-14)21-18(24)17-13(2)25-19(16(17)11-20)22-8-3-4-9-22/h3-10H,1-2H3,(H,21,24). The third-order valence-electron chi connectivity index (χ3n) is 3.77. The second kappa shape index (κ2) is 6.49. The molecule has 0 saturated carbocycles. The maximum atomic E-state index is 12.7. The summed E-state index contributed by atoms with van der Waals surface area (Å²) in [5.74, 6) is 0.0909. The molecule has 0 aliphatic carbocycles. The van der Waals surface area contributed by atoms with E-state index in [2.05, 4.69) is 5.32 Å². The van der Waals surface area contributed by atoms with Crippen molar-refractivity contribution in [2.45, 2.75) is 13.8 Å². The fraction of sp³-hybridized carbons (Fsp3) is 0.105. The third-order valence-corrected chi connectivity index (χ3v) is 3.77. The highest BCUT2D eigenvalue weighted by molar-refractivity contribution is 6.07. The molecular weight excluding hydrogens is 318 g/mol. The maximum absolute atomic E-state index is 12.7. The van der Waals surface area contributed by atoms with Crippen LogP contribution in [0.3, 0.4) is 0 Å². The van der Waals surface area contributed by atoms with Crippen molar-refractivity contribution >= 4 is 17.4 Å². The van der Waals surface area contributed by atoms with Gasteiger partial charge < -0.3 is 9.73 Å². The molecule has 0 aliphatic rings. The van der Waals surface area contributed by atoms with Gasteiger partial charge in [0.2, 0.25) is 5.88 Å². The van der Waals surface area contributed by atoms with Crippen LogP contribution in [0.2, 0.25) is 0 Å². The summed E-state index contributed by atoms with van der Waals surface area (Å²) in [7, 11) is 0. The number of nitriles is 1. The van der Waals surface area contributed by atoms with E-state index in [0.717, 1.165) is 0 Å². The number of nitrogens with one attached hydrogen (secondary N) is 1. The summed E-state index contributed by atoms with van der Waals surface area (Å²) in [4.78, 5) is 24.1. The highest BCUT2D eigenvalue weighted by Gasteiger charge is 2.24. The maximum Gasteiger partial charge on any atom is 0.260 e. The molecular formula is C19H15N3O3. The molecule has 2 heterocycles. The second-order valence-electron chi connectivity index (χ2n) is 5.51. The second-order valence-corrected chi connectivity index (χ2v) is 5.51. The van der Waals surface area contributed by atoms with Crippen LogP contribution in [0.15, 0.2) is 53.2 Å². The zero-order chi connectivity index (χ0) is 18.0. The average Bonchev–Trinajstić information content (AvgIpc) is 3.21. The van der Waals surface area contributed by atoms with Gasteiger partial charge in [0.15, 0.2) is 5.78 Å². The van der Waals surface area contributed by atoms with Gasteiger partial charge in [0.05, 0.1) is 0 Å². The number of aromatic nitrogens is 1. The van der Waals surface area contributed by atoms with Crippen LogP contribution in [0.5, 0.6) is 0 Å². The number of aryl methyl sites for hydroxylation is 1. The molecule has 0 radical (unpaired) electrons. The fourth-order valence-electron chi connectivity index (χ4n) is 2.57. The van der Waals surface area contributed by atoms with Gasteiger partial charge in [-0.1, -0.05) is 12.1 Å². The van der Waals surface area contributed by atoms with Gasteiger partial charge >= 0.3 is 0 Å². The quantitative estimate of drug-likeness (QED) is 0.737. The summed E-state index contributed by atoms with van der Waals surface area (Å²) in [6.45, 7) is 3.09. The molecule has 1 aromatic carbocycles. The highest BCUT2D eigenvalue weighted by Crippen LogP contribution is 2.26. The first-order chi connectivity index (χ1) is 12.0. The number of hydrogen-bond donors (Lipinski definition) is 1. The number of anilines is 1. The number of rotatable bonds is 4. The molecule has 1 N–H and O–H groups in total. The molecule has 6 heteroatoms. The van der Waals surface area contributed by atoms with E-state index in [9.17, 15) is 14.9 Å². The first kappa shape index (κ1) is 16.3. The number of amides is 1. The van der Waals surface area contributed by atoms with Crippen LogP contribution >= 0.6 is 0 Å². The van der Waals surface area contributed by atoms with E-state index in [1.54, 1.807) is 60.3 Å². The van der Waals surface area contributed by atoms with Crippen LogP contribution in [-0.4, -0.2) is 16.3 Å². The van der Waals surface area contributed by atoms with Crippen molar-refractivity contribution in [2.75, 3.05) is 5.32 Å². The Kier molecular flexibility index (Phi) is 4.23. The van der Waals surface area contributed by atoms with E-state index in [0.29, 0.717) is 22.9 Å². The molecule has 0 bridgehead atoms. The first-order valence-corrected chi connectivity index (χ1v) is 7.60. The Morgan fingerprint density at radius 2 is 1.92 bits per heavy atom. The van der Waals surface area contributed by atoms with Crippen LogP contribution < -0.4 is 5.32 Å². The van der Waals surface area contributed by atoms with Gasteiger partial charge in [-0.3, -0.25) is 14.2 Å². The van der Waals surface area contributed by atoms with Gasteiger partial charge in [0, 0.05) is 23.6 Å². The van der Waals surface area contributed by atoms with E-state index < -0.39 is 5.91 Å². The largest absolute Gasteiger partial charge is 0.443 e. The predicted octanol–water partition coefficient (Wildman–Crippen LogP) is 3.71. The molecule has 0 atom stereocenters. The van der Waals surface area contributed by atoms with Crippen molar-refractivity contribution < 1.29 is 14.0 Å². The molecule has 0 saturated heterocycles. The fourth-order valence-corrected chi connectivity index (χ4v) is 2.57. The van der Waals surface area contributed by atoms with Gasteiger partial charge in [-0.2, -0.15) is 5.26 Å². The molecule has 0 aliphatic heterocycles. The molecule has 0 unspecified atom stereocenters. The summed E-state index contributed by atoms with van der Waals surface area (Å²) in [6, 6.07) is 12.3. The number of benzene rings is 1. The van der Waals surface area contributed by atoms with Crippen molar-refractivity contribution in [3.8, 4) is 12.0 Å². The summed E-state index contributed by atoms with van der Waals surface area (Å²) in [6.07, 6.45) is 3.47. The Bertz CT molecular complexity index is 992. The number of carbonyl (C=O) groups is 2. The highest BCUT2D eigenvalue weighted by atomic mass is 16.4. The van der Waals surface area contributed by atoms with E-state index in [1.807, 2.05) is 6.07 Å². The van der Waals surface area contributed by atoms with E-state index in [1.165, 1.54) is 6.92 Å². The third kappa shape index (κ3) is 3.08. The minimum absolute atomic E-state index is 0.0943. The van der Waals surface area contributed by atoms with Gasteiger partial charge in [-0.05, 0) is 38.1 Å². The molecule has 0 fully saturated rings. The average molecular weight is 333 g/mol. The van der Waals surface area contributed by atoms with Crippen LogP contribution in [-0.2, 0) is 0 Å². The van der Waals surface area contributed by atoms with Crippen LogP contribution in [0.1, 0.15) is 39.0 Å². The topological polar surface area (TPSA) is 88.0 Å². The Morgan fingerprint density at radius 1 is 1.20 bits per heavy atom. The number of Topliss-reactive ketones (excluding diaryl/α,β-unsaturated/α-hetero) is 1. The number of hydrogen-bond acceptors (Lipinski definition) is 4. The molecule has 3 rings (SSSR count). The molecule has 1 amide bonds. The minimum atomic E-state index is -0.461. The van der Waals surface area contributed by atoms with Crippen molar-refractivity contribution in [3.63, 3.8) is 0 Å². The molecule has 6 nitrogen and oxygen atoms in total. The number of furan rings is 1. The zero-order valence-electron chi connectivity index (χ0n) is 13.7. The normalized spacial score (nSPS) is 10.3. The van der Waals surface area contributed by atoms with Crippen molar-refractivity contribution in [2.24, 2.45) is 0 Å². The summed E-state index contributed by atoms with van der Waals surface area (Å²) < 4.78 is 7.26. The first-order valence-electron chi connectivity index (χ1n) is 7.60. The lowest BCUT2D eigenvalue weighted by molar-refractivity contribution is 0.101. The van der Waals surface area contributed by atoms with Crippen LogP contribution in [0.4, 0.5) is 5.69 Å². The van der Waals surface area contributed by atoms with Crippen molar-refractivity contribution in [1.29, 1.82) is 5.26 Å². The number of carbonyl (C=O) groups excluding carboxylic acids is 2. The van der Waals surface area contributed by atoms with Gasteiger partial charge in [-0.25, -0.2) is 0 Å². The number of ketones is 1. The van der Waals surface area contributed by atoms with Crippen molar-refractivity contribution in [3.05, 3.63) is 71.2 Å². The minimum Gasteiger partial charge on any atom is -0.443 e. The molecule has 2 aromatic heterocycles. The summed E-state index contributed by atoms with van der Waals surface area (Å²) in [5.41, 5.74) is 1.31. The smallest absolute Gasteiger partial charge is 0.260 e. The van der Waals surface area contributed by atoms with Crippen LogP contribution in [0.25, 0.3) is 5.88 Å². The monoisotopic (exact) mass is 333 g/mol. The van der Waals surface area contributed by atoms with Crippen molar-refractivity contribution in [1.82, 2.24) is 4.57 Å². The van der Waals surface area contributed by atoms with Gasteiger partial charge in [0.25, 0.3) is 5.91 Å². The number of nitrogens with zero attached hydrogens (tertiary/aromatic N) is 2. The van der Waals surface area contributed by atoms with Gasteiger partial charge in [0.1, 0.15) is 23.0 Å². The molecule has 3 aromatic rings. The molecule has 25 heavy (non-hydrogen) atoms.